The van der Waals surface area contributed by atoms with Crippen LogP contribution in [0.3, 0.4) is 0 Å². The number of unbranched alkanes of at least 4 members (excludes halogenated alkanes) is 12. The largest absolute Gasteiger partial charge is 0.507 e. The second kappa shape index (κ2) is 14.4. The van der Waals surface area contributed by atoms with Gasteiger partial charge in [0.05, 0.1) is 0 Å². The number of carbonyl (C=O) groups excluding carboxylic acids is 2. The molecule has 3 atom stereocenters. The number of hydrogen-bond acceptors (Lipinski definition) is 8. The van der Waals surface area contributed by atoms with E-state index in [2.05, 4.69) is 6.92 Å². The molecule has 8 heteroatoms. The molecule has 38 heavy (non-hydrogen) atoms. The summed E-state index contributed by atoms with van der Waals surface area (Å²) in [7, 11) is 0. The first-order chi connectivity index (χ1) is 18.3. The third-order valence-electron chi connectivity index (χ3n) is 7.32. The van der Waals surface area contributed by atoms with Gasteiger partial charge in [-0.15, -0.1) is 0 Å². The van der Waals surface area contributed by atoms with Gasteiger partial charge in [-0.25, -0.2) is 4.79 Å². The predicted octanol–water partition coefficient (Wildman–Crippen LogP) is 6.26. The Morgan fingerprint density at radius 2 is 1.42 bits per heavy atom. The third kappa shape index (κ3) is 7.88. The number of hydrogen-bond donors (Lipinski definition) is 3. The number of benzene rings is 1. The monoisotopic (exact) mass is 532 g/mol. The van der Waals surface area contributed by atoms with Crippen molar-refractivity contribution >= 4 is 11.8 Å². The van der Waals surface area contributed by atoms with Crippen molar-refractivity contribution in [2.24, 2.45) is 0 Å². The van der Waals surface area contributed by atoms with Crippen molar-refractivity contribution < 1.29 is 39.1 Å². The van der Waals surface area contributed by atoms with Crippen LogP contribution in [0.15, 0.2) is 29.7 Å². The lowest BCUT2D eigenvalue weighted by molar-refractivity contribution is -0.188. The standard InChI is InChI=1S/C30H44O8/c1-3-4-5-6-7-8-9-10-11-12-13-14-15-17-21(31)20-24(34)26-27-28(29(35)36-26)38-30(2,37-27)25-22(32)18-16-19-23(25)33/h16,18-19,24,26,32-34H,3-15,17,20H2,1-2H3. The Balaban J connectivity index is 1.34. The minimum Gasteiger partial charge on any atom is -0.507 e. The number of aromatic hydroxyl groups is 2. The average molecular weight is 533 g/mol. The Kier molecular flexibility index (Phi) is 11.3. The van der Waals surface area contributed by atoms with Gasteiger partial charge in [0.15, 0.2) is 11.9 Å². The zero-order valence-corrected chi connectivity index (χ0v) is 22.9. The molecule has 0 saturated heterocycles. The molecule has 0 radical (unpaired) electrons. The first-order valence-electron chi connectivity index (χ1n) is 14.3. The molecule has 212 valence electrons. The number of ether oxygens (including phenoxy) is 3. The smallest absolute Gasteiger partial charge is 0.378 e. The first kappa shape index (κ1) is 29.8. The van der Waals surface area contributed by atoms with Crippen molar-refractivity contribution in [3.8, 4) is 11.5 Å². The van der Waals surface area contributed by atoms with Crippen molar-refractivity contribution in [3.63, 3.8) is 0 Å². The highest BCUT2D eigenvalue weighted by Crippen LogP contribution is 2.49. The minimum absolute atomic E-state index is 0.0404. The van der Waals surface area contributed by atoms with Crippen molar-refractivity contribution in [3.05, 3.63) is 35.3 Å². The molecular weight excluding hydrogens is 488 g/mol. The van der Waals surface area contributed by atoms with Gasteiger partial charge in [0.1, 0.15) is 28.9 Å². The number of carbonyl (C=O) groups is 2. The number of phenols is 2. The maximum atomic E-state index is 12.5. The molecule has 2 aliphatic heterocycles. The number of Topliss-reactive ketones (excluding diaryl/α,β-unsaturated/α-hetero) is 1. The van der Waals surface area contributed by atoms with E-state index in [0.29, 0.717) is 6.42 Å². The Labute approximate surface area is 226 Å². The lowest BCUT2D eigenvalue weighted by Gasteiger charge is -2.29. The van der Waals surface area contributed by atoms with Gasteiger partial charge in [0, 0.05) is 19.8 Å². The van der Waals surface area contributed by atoms with Crippen molar-refractivity contribution in [2.75, 3.05) is 0 Å². The molecule has 1 aromatic rings. The maximum Gasteiger partial charge on any atom is 0.378 e. The summed E-state index contributed by atoms with van der Waals surface area (Å²) < 4.78 is 16.7. The molecule has 0 spiro atoms. The van der Waals surface area contributed by atoms with Crippen LogP contribution >= 0.6 is 0 Å². The van der Waals surface area contributed by atoms with E-state index in [4.69, 9.17) is 14.2 Å². The van der Waals surface area contributed by atoms with Crippen LogP contribution < -0.4 is 0 Å². The van der Waals surface area contributed by atoms with Gasteiger partial charge in [0.25, 0.3) is 11.5 Å². The maximum absolute atomic E-state index is 12.5. The third-order valence-corrected chi connectivity index (χ3v) is 7.32. The molecule has 0 saturated carbocycles. The molecule has 0 fully saturated rings. The number of cyclic esters (lactones) is 1. The van der Waals surface area contributed by atoms with Crippen LogP contribution in [0.4, 0.5) is 0 Å². The molecular formula is C30H44O8. The number of rotatable bonds is 18. The molecule has 0 aliphatic carbocycles. The molecule has 3 N–H and O–H groups in total. The van der Waals surface area contributed by atoms with Crippen LogP contribution in [0, 0.1) is 0 Å². The van der Waals surface area contributed by atoms with E-state index in [9.17, 15) is 24.9 Å². The highest BCUT2D eigenvalue weighted by atomic mass is 16.8. The normalized spacial score (nSPS) is 21.1. The van der Waals surface area contributed by atoms with Crippen molar-refractivity contribution in [2.45, 2.75) is 128 Å². The van der Waals surface area contributed by atoms with Crippen LogP contribution in [-0.2, 0) is 29.6 Å². The van der Waals surface area contributed by atoms with E-state index in [1.54, 1.807) is 0 Å². The SMILES string of the molecule is CCCCCCCCCCCCCCCC(=O)CC(O)C1OC(=O)C2=C1OC(C)(c1c(O)cccc1O)O2. The topological polar surface area (TPSA) is 123 Å². The van der Waals surface area contributed by atoms with E-state index in [-0.39, 0.29) is 40.8 Å². The average Bonchev–Trinajstić information content (AvgIpc) is 3.37. The van der Waals surface area contributed by atoms with Crippen LogP contribution in [0.25, 0.3) is 0 Å². The van der Waals surface area contributed by atoms with Gasteiger partial charge in [-0.2, -0.15) is 0 Å². The molecule has 3 rings (SSSR count). The summed E-state index contributed by atoms with van der Waals surface area (Å²) in [4.78, 5) is 24.8. The molecule has 0 amide bonds. The second-order valence-corrected chi connectivity index (χ2v) is 10.6. The van der Waals surface area contributed by atoms with Crippen LogP contribution in [0.5, 0.6) is 11.5 Å². The summed E-state index contributed by atoms with van der Waals surface area (Å²) in [6, 6.07) is 4.17. The summed E-state index contributed by atoms with van der Waals surface area (Å²) in [5.74, 6) is -3.43. The fraction of sp³-hybridized carbons (Fsp3) is 0.667. The van der Waals surface area contributed by atoms with Crippen LogP contribution in [0.1, 0.15) is 116 Å². The molecule has 0 aromatic heterocycles. The van der Waals surface area contributed by atoms with Crippen LogP contribution in [0.2, 0.25) is 0 Å². The lowest BCUT2D eigenvalue weighted by Crippen LogP contribution is -2.35. The number of esters is 1. The zero-order valence-electron chi connectivity index (χ0n) is 22.9. The van der Waals surface area contributed by atoms with E-state index >= 15 is 0 Å². The number of aliphatic hydroxyl groups excluding tert-OH is 1. The van der Waals surface area contributed by atoms with Gasteiger partial charge in [-0.3, -0.25) is 4.79 Å². The van der Waals surface area contributed by atoms with Crippen molar-refractivity contribution in [1.82, 2.24) is 0 Å². The molecule has 8 nitrogen and oxygen atoms in total. The highest BCUT2D eigenvalue weighted by Gasteiger charge is 2.54. The Morgan fingerprint density at radius 1 is 0.895 bits per heavy atom. The summed E-state index contributed by atoms with van der Waals surface area (Å²) in [5.41, 5.74) is -0.0473. The Morgan fingerprint density at radius 3 is 1.97 bits per heavy atom. The fourth-order valence-corrected chi connectivity index (χ4v) is 5.21. The summed E-state index contributed by atoms with van der Waals surface area (Å²) in [6.45, 7) is 3.68. The second-order valence-electron chi connectivity index (χ2n) is 10.6. The Hall–Kier alpha value is -2.74. The quantitative estimate of drug-likeness (QED) is 0.150. The van der Waals surface area contributed by atoms with Gasteiger partial charge < -0.3 is 29.5 Å². The predicted molar refractivity (Wildman–Crippen MR) is 142 cm³/mol. The molecule has 3 unspecified atom stereocenters. The van der Waals surface area contributed by atoms with E-state index in [1.165, 1.54) is 89.3 Å². The molecule has 0 bridgehead atoms. The first-order valence-corrected chi connectivity index (χ1v) is 14.3. The van der Waals surface area contributed by atoms with E-state index < -0.39 is 24.0 Å². The van der Waals surface area contributed by atoms with E-state index in [1.807, 2.05) is 0 Å². The van der Waals surface area contributed by atoms with Gasteiger partial charge in [-0.05, 0) is 18.6 Å². The summed E-state index contributed by atoms with van der Waals surface area (Å²) in [5, 5.41) is 31.1. The fourth-order valence-electron chi connectivity index (χ4n) is 5.21. The zero-order chi connectivity index (χ0) is 27.5. The van der Waals surface area contributed by atoms with Gasteiger partial charge in [0.2, 0.25) is 0 Å². The Bertz CT molecular complexity index is 951. The minimum atomic E-state index is -1.68. The lowest BCUT2D eigenvalue weighted by atomic mass is 10.0. The number of aliphatic hydroxyl groups is 1. The molecule has 1 aromatic carbocycles. The van der Waals surface area contributed by atoms with Crippen LogP contribution in [-0.4, -0.2) is 39.3 Å². The summed E-state index contributed by atoms with van der Waals surface area (Å²) in [6.07, 6.45) is 13.6. The summed E-state index contributed by atoms with van der Waals surface area (Å²) >= 11 is 0. The number of phenolic OH excluding ortho intramolecular Hbond substituents is 2. The highest BCUT2D eigenvalue weighted by molar-refractivity contribution is 5.90. The molecule has 2 heterocycles. The van der Waals surface area contributed by atoms with Crippen molar-refractivity contribution in [1.29, 1.82) is 0 Å². The van der Waals surface area contributed by atoms with Gasteiger partial charge >= 0.3 is 5.97 Å². The number of ketones is 1. The van der Waals surface area contributed by atoms with E-state index in [0.717, 1.165) is 19.3 Å². The molecule has 2 aliphatic rings. The van der Waals surface area contributed by atoms with Gasteiger partial charge in [-0.1, -0.05) is 90.0 Å².